The Morgan fingerprint density at radius 3 is 2.84 bits per heavy atom. The van der Waals surface area contributed by atoms with Crippen molar-refractivity contribution in [3.63, 3.8) is 0 Å². The minimum absolute atomic E-state index is 0.139. The van der Waals surface area contributed by atoms with Crippen LogP contribution in [0.4, 0.5) is 11.8 Å². The van der Waals surface area contributed by atoms with Crippen LogP contribution in [-0.4, -0.2) is 43.7 Å². The summed E-state index contributed by atoms with van der Waals surface area (Å²) in [6, 6.07) is 1.85. The number of aromatic nitrogens is 2. The zero-order valence-electron chi connectivity index (χ0n) is 11.8. The van der Waals surface area contributed by atoms with Crippen molar-refractivity contribution in [2.75, 3.05) is 38.0 Å². The van der Waals surface area contributed by atoms with Crippen molar-refractivity contribution in [2.45, 2.75) is 25.7 Å². The monoisotopic (exact) mass is 266 g/mol. The Hall–Kier alpha value is -1.85. The van der Waals surface area contributed by atoms with Crippen LogP contribution in [0.25, 0.3) is 0 Å². The summed E-state index contributed by atoms with van der Waals surface area (Å²) in [7, 11) is 5.24. The fourth-order valence-electron chi connectivity index (χ4n) is 1.55. The normalized spacial score (nSPS) is 10.1. The van der Waals surface area contributed by atoms with Gasteiger partial charge in [0.2, 0.25) is 5.95 Å². The van der Waals surface area contributed by atoms with E-state index in [1.165, 1.54) is 7.11 Å². The summed E-state index contributed by atoms with van der Waals surface area (Å²) in [5.74, 6) is 1.38. The molecule has 0 saturated carbocycles. The number of hydrogen-bond acceptors (Lipinski definition) is 6. The average Bonchev–Trinajstić information content (AvgIpc) is 2.42. The lowest BCUT2D eigenvalue weighted by atomic mass is 10.2. The molecule has 1 aromatic heterocycles. The molecule has 6 heteroatoms. The van der Waals surface area contributed by atoms with E-state index in [1.54, 1.807) is 6.20 Å². The minimum Gasteiger partial charge on any atom is -0.469 e. The number of nitrogens with one attached hydrogen (secondary N) is 1. The summed E-state index contributed by atoms with van der Waals surface area (Å²) in [6.07, 6.45) is 5.09. The molecule has 0 aromatic carbocycles. The molecule has 1 rings (SSSR count). The van der Waals surface area contributed by atoms with Gasteiger partial charge in [0.05, 0.1) is 7.11 Å². The Morgan fingerprint density at radius 2 is 2.16 bits per heavy atom. The van der Waals surface area contributed by atoms with Crippen molar-refractivity contribution >= 4 is 17.7 Å². The van der Waals surface area contributed by atoms with Gasteiger partial charge in [-0.3, -0.25) is 4.79 Å². The molecule has 1 aromatic rings. The Bertz CT molecular complexity index is 396. The largest absolute Gasteiger partial charge is 0.469 e. The first kappa shape index (κ1) is 15.2. The summed E-state index contributed by atoms with van der Waals surface area (Å²) < 4.78 is 4.59. The van der Waals surface area contributed by atoms with Gasteiger partial charge >= 0.3 is 5.97 Å². The van der Waals surface area contributed by atoms with E-state index >= 15 is 0 Å². The molecule has 1 heterocycles. The molecule has 6 nitrogen and oxygen atoms in total. The van der Waals surface area contributed by atoms with E-state index in [0.717, 1.165) is 31.6 Å². The van der Waals surface area contributed by atoms with Crippen LogP contribution in [0.1, 0.15) is 25.7 Å². The third-order valence-electron chi connectivity index (χ3n) is 2.63. The molecule has 0 spiro atoms. The quantitative estimate of drug-likeness (QED) is 0.570. The second-order valence-electron chi connectivity index (χ2n) is 4.45. The third-order valence-corrected chi connectivity index (χ3v) is 2.63. The Kier molecular flexibility index (Phi) is 6.63. The molecule has 0 bridgehead atoms. The maximum atomic E-state index is 10.9. The van der Waals surface area contributed by atoms with E-state index in [-0.39, 0.29) is 5.97 Å². The molecular weight excluding hydrogens is 244 g/mol. The minimum atomic E-state index is -0.139. The average molecular weight is 266 g/mol. The van der Waals surface area contributed by atoms with E-state index in [9.17, 15) is 4.79 Å². The van der Waals surface area contributed by atoms with Gasteiger partial charge < -0.3 is 15.0 Å². The molecule has 0 atom stereocenters. The van der Waals surface area contributed by atoms with Gasteiger partial charge in [0.1, 0.15) is 5.82 Å². The van der Waals surface area contributed by atoms with Gasteiger partial charge in [-0.15, -0.1) is 0 Å². The molecule has 106 valence electrons. The zero-order valence-corrected chi connectivity index (χ0v) is 11.8. The predicted molar refractivity (Wildman–Crippen MR) is 75.3 cm³/mol. The van der Waals surface area contributed by atoms with Crippen LogP contribution in [0.5, 0.6) is 0 Å². The SMILES string of the molecule is COC(=O)CCCCCNc1ccnc(N(C)C)n1. The van der Waals surface area contributed by atoms with Gasteiger partial charge in [0.25, 0.3) is 0 Å². The first-order chi connectivity index (χ1) is 9.13. The molecule has 0 amide bonds. The number of carbonyl (C=O) groups excluding carboxylic acids is 1. The first-order valence-corrected chi connectivity index (χ1v) is 6.44. The van der Waals surface area contributed by atoms with Crippen molar-refractivity contribution in [3.8, 4) is 0 Å². The molecule has 0 unspecified atom stereocenters. The highest BCUT2D eigenvalue weighted by Crippen LogP contribution is 2.08. The smallest absolute Gasteiger partial charge is 0.305 e. The summed E-state index contributed by atoms with van der Waals surface area (Å²) >= 11 is 0. The van der Waals surface area contributed by atoms with Gasteiger partial charge in [-0.25, -0.2) is 4.98 Å². The Labute approximate surface area is 114 Å². The van der Waals surface area contributed by atoms with E-state index < -0.39 is 0 Å². The van der Waals surface area contributed by atoms with E-state index in [1.807, 2.05) is 25.1 Å². The van der Waals surface area contributed by atoms with Crippen LogP contribution in [0.2, 0.25) is 0 Å². The Morgan fingerprint density at radius 1 is 1.37 bits per heavy atom. The molecular formula is C13H22N4O2. The summed E-state index contributed by atoms with van der Waals surface area (Å²) in [5, 5.41) is 3.25. The second-order valence-corrected chi connectivity index (χ2v) is 4.45. The second kappa shape index (κ2) is 8.29. The number of unbranched alkanes of at least 4 members (excludes halogenated alkanes) is 2. The van der Waals surface area contributed by atoms with E-state index in [4.69, 9.17) is 0 Å². The molecule has 0 aliphatic rings. The van der Waals surface area contributed by atoms with Gasteiger partial charge in [-0.2, -0.15) is 4.98 Å². The lowest BCUT2D eigenvalue weighted by Gasteiger charge is -2.11. The Balaban J connectivity index is 2.19. The van der Waals surface area contributed by atoms with Gasteiger partial charge in [-0.1, -0.05) is 6.42 Å². The zero-order chi connectivity index (χ0) is 14.1. The maximum absolute atomic E-state index is 10.9. The third kappa shape index (κ3) is 6.03. The van der Waals surface area contributed by atoms with Crippen molar-refractivity contribution in [1.29, 1.82) is 0 Å². The summed E-state index contributed by atoms with van der Waals surface area (Å²) in [4.78, 5) is 21.3. The van der Waals surface area contributed by atoms with Gasteiger partial charge in [0.15, 0.2) is 0 Å². The topological polar surface area (TPSA) is 67.3 Å². The highest BCUT2D eigenvalue weighted by atomic mass is 16.5. The van der Waals surface area contributed by atoms with Crippen LogP contribution >= 0.6 is 0 Å². The number of anilines is 2. The van der Waals surface area contributed by atoms with Crippen LogP contribution < -0.4 is 10.2 Å². The fraction of sp³-hybridized carbons (Fsp3) is 0.615. The lowest BCUT2D eigenvalue weighted by Crippen LogP contribution is -2.14. The highest BCUT2D eigenvalue weighted by molar-refractivity contribution is 5.68. The summed E-state index contributed by atoms with van der Waals surface area (Å²) in [5.41, 5.74) is 0. The van der Waals surface area contributed by atoms with Gasteiger partial charge in [0, 0.05) is 33.3 Å². The molecule has 1 N–H and O–H groups in total. The number of nitrogens with zero attached hydrogens (tertiary/aromatic N) is 3. The number of hydrogen-bond donors (Lipinski definition) is 1. The van der Waals surface area contributed by atoms with Crippen molar-refractivity contribution in [3.05, 3.63) is 12.3 Å². The van der Waals surface area contributed by atoms with E-state index in [0.29, 0.717) is 12.4 Å². The standard InChI is InChI=1S/C13H22N4O2/c1-17(2)13-15-10-8-11(16-13)14-9-6-4-5-7-12(18)19-3/h8,10H,4-7,9H2,1-3H3,(H,14,15,16). The predicted octanol–water partition coefficient (Wildman–Crippen LogP) is 1.69. The maximum Gasteiger partial charge on any atom is 0.305 e. The van der Waals surface area contributed by atoms with Crippen LogP contribution in [0, 0.1) is 0 Å². The highest BCUT2D eigenvalue weighted by Gasteiger charge is 2.01. The van der Waals surface area contributed by atoms with Crippen LogP contribution in [-0.2, 0) is 9.53 Å². The van der Waals surface area contributed by atoms with Crippen molar-refractivity contribution in [2.24, 2.45) is 0 Å². The number of rotatable bonds is 8. The molecule has 0 aliphatic carbocycles. The number of methoxy groups -OCH3 is 1. The number of ether oxygens (including phenoxy) is 1. The van der Waals surface area contributed by atoms with Crippen molar-refractivity contribution < 1.29 is 9.53 Å². The molecule has 0 radical (unpaired) electrons. The summed E-state index contributed by atoms with van der Waals surface area (Å²) in [6.45, 7) is 0.838. The molecule has 0 saturated heterocycles. The van der Waals surface area contributed by atoms with Crippen molar-refractivity contribution in [1.82, 2.24) is 9.97 Å². The molecule has 0 aliphatic heterocycles. The molecule has 19 heavy (non-hydrogen) atoms. The lowest BCUT2D eigenvalue weighted by molar-refractivity contribution is -0.140. The number of esters is 1. The molecule has 0 fully saturated rings. The van der Waals surface area contributed by atoms with Crippen LogP contribution in [0.15, 0.2) is 12.3 Å². The van der Waals surface area contributed by atoms with E-state index in [2.05, 4.69) is 20.0 Å². The fourth-order valence-corrected chi connectivity index (χ4v) is 1.55. The van der Waals surface area contributed by atoms with Gasteiger partial charge in [-0.05, 0) is 18.9 Å². The first-order valence-electron chi connectivity index (χ1n) is 6.44. The van der Waals surface area contributed by atoms with Crippen LogP contribution in [0.3, 0.4) is 0 Å². The number of carbonyl (C=O) groups is 1.